The lowest BCUT2D eigenvalue weighted by atomic mass is 9.92. The van der Waals surface area contributed by atoms with Crippen molar-refractivity contribution in [2.75, 3.05) is 19.0 Å². The summed E-state index contributed by atoms with van der Waals surface area (Å²) in [5.41, 5.74) is 11.4. The third kappa shape index (κ3) is 1.71. The average molecular weight is 229 g/mol. The summed E-state index contributed by atoms with van der Waals surface area (Å²) in [6.07, 6.45) is 3.19. The topological polar surface area (TPSA) is 45.0 Å². The first-order valence-corrected chi connectivity index (χ1v) is 6.21. The minimum atomic E-state index is 0.324. The average Bonchev–Trinajstić information content (AvgIpc) is 2.66. The largest absolute Gasteiger partial charge is 0.378 e. The number of nitrogens with two attached hydrogens (primary N) is 1. The van der Waals surface area contributed by atoms with E-state index in [-0.39, 0.29) is 0 Å². The summed E-state index contributed by atoms with van der Waals surface area (Å²) in [6.45, 7) is 0. The molecule has 0 fully saturated rings. The number of nitrogens with zero attached hydrogens (tertiary/aromatic N) is 1. The Hall–Kier alpha value is -1.48. The Labute approximate surface area is 102 Å². The molecule has 1 aromatic carbocycles. The molecule has 0 amide bonds. The van der Waals surface area contributed by atoms with Gasteiger partial charge >= 0.3 is 0 Å². The Morgan fingerprint density at radius 2 is 2.18 bits per heavy atom. The Morgan fingerprint density at radius 3 is 2.94 bits per heavy atom. The number of nitrogens with one attached hydrogen (secondary N) is 1. The Morgan fingerprint density at radius 1 is 1.35 bits per heavy atom. The second kappa shape index (κ2) is 3.77. The van der Waals surface area contributed by atoms with Gasteiger partial charge in [0.1, 0.15) is 0 Å². The standard InChI is InChI=1S/C14H19N3/c1-17(2)10-4-6-14-12(8-10)11-7-9(15)3-5-13(11)16-14/h4,6,8-9,16H,3,5,7,15H2,1-2H3. The molecule has 1 atom stereocenters. The normalized spacial score (nSPS) is 19.4. The summed E-state index contributed by atoms with van der Waals surface area (Å²) >= 11 is 0. The van der Waals surface area contributed by atoms with Gasteiger partial charge in [-0.05, 0) is 43.0 Å². The van der Waals surface area contributed by atoms with Gasteiger partial charge in [0.15, 0.2) is 0 Å². The Balaban J connectivity index is 2.18. The number of fused-ring (bicyclic) bond motifs is 3. The molecular formula is C14H19N3. The van der Waals surface area contributed by atoms with Crippen LogP contribution in [0.4, 0.5) is 5.69 Å². The van der Waals surface area contributed by atoms with Gasteiger partial charge in [-0.3, -0.25) is 0 Å². The number of benzene rings is 1. The van der Waals surface area contributed by atoms with Gasteiger partial charge in [-0.2, -0.15) is 0 Å². The van der Waals surface area contributed by atoms with Crippen molar-refractivity contribution < 1.29 is 0 Å². The zero-order valence-electron chi connectivity index (χ0n) is 10.5. The molecule has 3 nitrogen and oxygen atoms in total. The highest BCUT2D eigenvalue weighted by atomic mass is 15.1. The monoisotopic (exact) mass is 229 g/mol. The van der Waals surface area contributed by atoms with E-state index >= 15 is 0 Å². The van der Waals surface area contributed by atoms with Crippen molar-refractivity contribution >= 4 is 16.6 Å². The summed E-state index contributed by atoms with van der Waals surface area (Å²) in [5.74, 6) is 0. The molecule has 0 aliphatic heterocycles. The molecule has 3 rings (SSSR count). The molecule has 0 saturated carbocycles. The van der Waals surface area contributed by atoms with Crippen LogP contribution >= 0.6 is 0 Å². The van der Waals surface area contributed by atoms with Gasteiger partial charge in [-0.15, -0.1) is 0 Å². The second-order valence-corrected chi connectivity index (χ2v) is 5.21. The van der Waals surface area contributed by atoms with Gasteiger partial charge in [0.2, 0.25) is 0 Å². The van der Waals surface area contributed by atoms with Crippen molar-refractivity contribution in [2.24, 2.45) is 5.73 Å². The zero-order chi connectivity index (χ0) is 12.0. The van der Waals surface area contributed by atoms with Crippen molar-refractivity contribution in [3.8, 4) is 0 Å². The van der Waals surface area contributed by atoms with E-state index < -0.39 is 0 Å². The van der Waals surface area contributed by atoms with Crippen molar-refractivity contribution in [2.45, 2.75) is 25.3 Å². The van der Waals surface area contributed by atoms with Crippen LogP contribution in [0.3, 0.4) is 0 Å². The van der Waals surface area contributed by atoms with E-state index in [1.165, 1.54) is 27.8 Å². The summed E-state index contributed by atoms with van der Waals surface area (Å²) < 4.78 is 0. The van der Waals surface area contributed by atoms with Crippen molar-refractivity contribution in [1.29, 1.82) is 0 Å². The molecular weight excluding hydrogens is 210 g/mol. The van der Waals surface area contributed by atoms with E-state index in [1.807, 2.05) is 0 Å². The molecule has 3 N–H and O–H groups in total. The van der Waals surface area contributed by atoms with Crippen LogP contribution in [-0.4, -0.2) is 25.1 Å². The predicted octanol–water partition coefficient (Wildman–Crippen LogP) is 2.05. The quantitative estimate of drug-likeness (QED) is 0.786. The van der Waals surface area contributed by atoms with Crippen molar-refractivity contribution in [1.82, 2.24) is 4.98 Å². The van der Waals surface area contributed by atoms with Gasteiger partial charge in [0.05, 0.1) is 0 Å². The number of aromatic amines is 1. The van der Waals surface area contributed by atoms with Crippen LogP contribution in [0.1, 0.15) is 17.7 Å². The first-order valence-electron chi connectivity index (χ1n) is 6.21. The molecule has 0 bridgehead atoms. The number of rotatable bonds is 1. The van der Waals surface area contributed by atoms with Crippen molar-refractivity contribution in [3.05, 3.63) is 29.5 Å². The fraction of sp³-hybridized carbons (Fsp3) is 0.429. The van der Waals surface area contributed by atoms with Crippen LogP contribution in [0, 0.1) is 0 Å². The molecule has 0 radical (unpaired) electrons. The third-order valence-electron chi connectivity index (χ3n) is 3.73. The molecule has 1 aliphatic carbocycles. The molecule has 3 heteroatoms. The maximum atomic E-state index is 6.07. The molecule has 2 aromatic rings. The SMILES string of the molecule is CN(C)c1ccc2[nH]c3c(c2c1)CC(N)CC3. The Bertz CT molecular complexity index is 554. The molecule has 1 unspecified atom stereocenters. The molecule has 90 valence electrons. The Kier molecular flexibility index (Phi) is 2.37. The molecule has 1 aliphatic rings. The zero-order valence-corrected chi connectivity index (χ0v) is 10.5. The molecule has 17 heavy (non-hydrogen) atoms. The number of hydrogen-bond donors (Lipinski definition) is 2. The van der Waals surface area contributed by atoms with E-state index in [4.69, 9.17) is 5.73 Å². The van der Waals surface area contributed by atoms with Gasteiger partial charge in [-0.1, -0.05) is 0 Å². The first-order chi connectivity index (χ1) is 8.15. The first kappa shape index (κ1) is 10.7. The molecule has 0 saturated heterocycles. The lowest BCUT2D eigenvalue weighted by molar-refractivity contribution is 0.574. The lowest BCUT2D eigenvalue weighted by Gasteiger charge is -2.18. The van der Waals surface area contributed by atoms with E-state index in [2.05, 4.69) is 42.2 Å². The smallest absolute Gasteiger partial charge is 0.0460 e. The number of H-pyrrole nitrogens is 1. The predicted molar refractivity (Wildman–Crippen MR) is 72.6 cm³/mol. The fourth-order valence-corrected chi connectivity index (χ4v) is 2.71. The lowest BCUT2D eigenvalue weighted by Crippen LogP contribution is -2.27. The number of aromatic nitrogens is 1. The van der Waals surface area contributed by atoms with Crippen LogP contribution in [0.25, 0.3) is 10.9 Å². The molecule has 1 heterocycles. The maximum absolute atomic E-state index is 6.07. The minimum absolute atomic E-state index is 0.324. The summed E-state index contributed by atoms with van der Waals surface area (Å²) in [4.78, 5) is 5.67. The van der Waals surface area contributed by atoms with Crippen LogP contribution in [0.15, 0.2) is 18.2 Å². The van der Waals surface area contributed by atoms with E-state index in [1.54, 1.807) is 0 Å². The number of anilines is 1. The van der Waals surface area contributed by atoms with E-state index in [0.717, 1.165) is 19.3 Å². The summed E-state index contributed by atoms with van der Waals surface area (Å²) in [5, 5.41) is 1.35. The van der Waals surface area contributed by atoms with Gasteiger partial charge in [0, 0.05) is 42.4 Å². The highest BCUT2D eigenvalue weighted by molar-refractivity contribution is 5.88. The fourth-order valence-electron chi connectivity index (χ4n) is 2.71. The number of hydrogen-bond acceptors (Lipinski definition) is 2. The van der Waals surface area contributed by atoms with Crippen molar-refractivity contribution in [3.63, 3.8) is 0 Å². The van der Waals surface area contributed by atoms with Crippen LogP contribution in [-0.2, 0) is 12.8 Å². The summed E-state index contributed by atoms with van der Waals surface area (Å²) in [6, 6.07) is 6.92. The maximum Gasteiger partial charge on any atom is 0.0460 e. The van der Waals surface area contributed by atoms with Gasteiger partial charge in [-0.25, -0.2) is 0 Å². The van der Waals surface area contributed by atoms with Gasteiger partial charge in [0.25, 0.3) is 0 Å². The van der Waals surface area contributed by atoms with E-state index in [0.29, 0.717) is 6.04 Å². The van der Waals surface area contributed by atoms with Gasteiger partial charge < -0.3 is 15.6 Å². The molecule has 0 spiro atoms. The minimum Gasteiger partial charge on any atom is -0.378 e. The van der Waals surface area contributed by atoms with Crippen LogP contribution in [0.2, 0.25) is 0 Å². The molecule has 1 aromatic heterocycles. The van der Waals surface area contributed by atoms with Crippen LogP contribution in [0.5, 0.6) is 0 Å². The second-order valence-electron chi connectivity index (χ2n) is 5.21. The highest BCUT2D eigenvalue weighted by Gasteiger charge is 2.20. The number of aryl methyl sites for hydroxylation is 1. The third-order valence-corrected chi connectivity index (χ3v) is 3.73. The van der Waals surface area contributed by atoms with Crippen LogP contribution < -0.4 is 10.6 Å². The summed E-state index contributed by atoms with van der Waals surface area (Å²) in [7, 11) is 4.15. The highest BCUT2D eigenvalue weighted by Crippen LogP contribution is 2.31. The van der Waals surface area contributed by atoms with E-state index in [9.17, 15) is 0 Å².